The summed E-state index contributed by atoms with van der Waals surface area (Å²) in [4.78, 5) is 0. The molecule has 0 saturated carbocycles. The summed E-state index contributed by atoms with van der Waals surface area (Å²) in [6.45, 7) is 0. The second kappa shape index (κ2) is 2.88. The lowest BCUT2D eigenvalue weighted by molar-refractivity contribution is 0.375. The number of benzene rings is 1. The Hall–Kier alpha value is -1.09. The molecule has 11 heavy (non-hydrogen) atoms. The van der Waals surface area contributed by atoms with E-state index in [9.17, 15) is 5.11 Å². The average molecular weight is 174 g/mol. The van der Waals surface area contributed by atoms with E-state index in [4.69, 9.17) is 22.1 Å². The van der Waals surface area contributed by atoms with Gasteiger partial charge < -0.3 is 15.6 Å². The predicted octanol–water partition coefficient (Wildman–Crippen LogP) is 1.64. The molecule has 0 radical (unpaired) electrons. The van der Waals surface area contributed by atoms with Crippen molar-refractivity contribution < 1.29 is 9.84 Å². The average Bonchev–Trinajstić information content (AvgIpc) is 1.96. The second-order valence-corrected chi connectivity index (χ2v) is 2.48. The van der Waals surface area contributed by atoms with Crippen molar-refractivity contribution in [3.8, 4) is 11.5 Å². The van der Waals surface area contributed by atoms with Crippen LogP contribution >= 0.6 is 11.6 Å². The maximum Gasteiger partial charge on any atom is 0.181 e. The number of halogens is 1. The molecule has 0 atom stereocenters. The molecular formula is C7H8ClNO2. The molecule has 0 aliphatic rings. The Morgan fingerprint density at radius 2 is 2.18 bits per heavy atom. The normalized spacial score (nSPS) is 9.64. The summed E-state index contributed by atoms with van der Waals surface area (Å²) in [6.07, 6.45) is 0. The van der Waals surface area contributed by atoms with Crippen LogP contribution < -0.4 is 10.5 Å². The maximum absolute atomic E-state index is 9.21. The number of methoxy groups -OCH3 is 1. The van der Waals surface area contributed by atoms with Crippen LogP contribution in [0.25, 0.3) is 0 Å². The zero-order valence-electron chi connectivity index (χ0n) is 5.97. The van der Waals surface area contributed by atoms with Gasteiger partial charge in [-0.05, 0) is 6.07 Å². The summed E-state index contributed by atoms with van der Waals surface area (Å²) in [5.74, 6) is 0.215. The van der Waals surface area contributed by atoms with Crippen LogP contribution in [0.5, 0.6) is 11.5 Å². The Balaban J connectivity index is 3.24. The summed E-state index contributed by atoms with van der Waals surface area (Å²) in [5.41, 5.74) is 5.60. The van der Waals surface area contributed by atoms with Gasteiger partial charge in [0.2, 0.25) is 0 Å². The molecule has 1 aromatic rings. The van der Waals surface area contributed by atoms with Gasteiger partial charge in [0.05, 0.1) is 12.8 Å². The van der Waals surface area contributed by atoms with Gasteiger partial charge in [-0.2, -0.15) is 0 Å². The highest BCUT2D eigenvalue weighted by Gasteiger charge is 2.05. The van der Waals surface area contributed by atoms with Crippen LogP contribution in [0.2, 0.25) is 5.02 Å². The number of hydrogen-bond donors (Lipinski definition) is 2. The Bertz CT molecular complexity index is 275. The van der Waals surface area contributed by atoms with Gasteiger partial charge in [0.25, 0.3) is 0 Å². The number of ether oxygens (including phenoxy) is 1. The van der Waals surface area contributed by atoms with Crippen molar-refractivity contribution in [2.24, 2.45) is 0 Å². The van der Waals surface area contributed by atoms with E-state index in [-0.39, 0.29) is 17.2 Å². The molecular weight excluding hydrogens is 166 g/mol. The molecule has 0 aromatic heterocycles. The quantitative estimate of drug-likeness (QED) is 0.502. The number of aromatic hydroxyl groups is 1. The van der Waals surface area contributed by atoms with Crippen molar-refractivity contribution in [3.05, 3.63) is 17.2 Å². The van der Waals surface area contributed by atoms with E-state index in [1.54, 1.807) is 0 Å². The predicted molar refractivity (Wildman–Crippen MR) is 44.1 cm³/mol. The number of phenols is 1. The smallest absolute Gasteiger partial charge is 0.181 e. The largest absolute Gasteiger partial charge is 0.503 e. The number of anilines is 1. The number of hydrogen-bond acceptors (Lipinski definition) is 3. The number of rotatable bonds is 1. The van der Waals surface area contributed by atoms with E-state index in [1.165, 1.54) is 19.2 Å². The summed E-state index contributed by atoms with van der Waals surface area (Å²) in [6, 6.07) is 2.95. The van der Waals surface area contributed by atoms with Crippen LogP contribution in [0, 0.1) is 0 Å². The molecule has 60 valence electrons. The molecule has 0 unspecified atom stereocenters. The SMILES string of the molecule is COc1cc(Cl)cc(N)c1O. The van der Waals surface area contributed by atoms with E-state index in [0.29, 0.717) is 5.02 Å². The van der Waals surface area contributed by atoms with Crippen molar-refractivity contribution in [2.45, 2.75) is 0 Å². The van der Waals surface area contributed by atoms with Gasteiger partial charge in [-0.3, -0.25) is 0 Å². The Morgan fingerprint density at radius 3 is 2.73 bits per heavy atom. The van der Waals surface area contributed by atoms with Crippen LogP contribution in [0.3, 0.4) is 0 Å². The zero-order chi connectivity index (χ0) is 8.43. The zero-order valence-corrected chi connectivity index (χ0v) is 6.72. The van der Waals surface area contributed by atoms with Crippen LogP contribution in [0.15, 0.2) is 12.1 Å². The molecule has 0 aliphatic heterocycles. The lowest BCUT2D eigenvalue weighted by Crippen LogP contribution is -1.89. The van der Waals surface area contributed by atoms with E-state index in [0.717, 1.165) is 0 Å². The van der Waals surface area contributed by atoms with Crippen molar-refractivity contribution in [2.75, 3.05) is 12.8 Å². The molecule has 0 fully saturated rings. The van der Waals surface area contributed by atoms with Crippen molar-refractivity contribution in [1.82, 2.24) is 0 Å². The lowest BCUT2D eigenvalue weighted by Gasteiger charge is -2.05. The third-order valence-electron chi connectivity index (χ3n) is 1.29. The van der Waals surface area contributed by atoms with Gasteiger partial charge in [0.1, 0.15) is 0 Å². The monoisotopic (exact) mass is 173 g/mol. The van der Waals surface area contributed by atoms with E-state index in [2.05, 4.69) is 0 Å². The molecule has 0 heterocycles. The third kappa shape index (κ3) is 1.49. The van der Waals surface area contributed by atoms with Crippen LogP contribution in [0.4, 0.5) is 5.69 Å². The highest BCUT2D eigenvalue weighted by atomic mass is 35.5. The first-order valence-electron chi connectivity index (χ1n) is 2.97. The summed E-state index contributed by atoms with van der Waals surface area (Å²) in [5, 5.41) is 9.66. The minimum Gasteiger partial charge on any atom is -0.503 e. The Kier molecular flexibility index (Phi) is 2.10. The Labute approximate surface area is 69.3 Å². The van der Waals surface area contributed by atoms with Crippen LogP contribution in [-0.2, 0) is 0 Å². The molecule has 3 N–H and O–H groups in total. The first-order valence-corrected chi connectivity index (χ1v) is 3.35. The minimum atomic E-state index is -0.0723. The molecule has 0 saturated heterocycles. The topological polar surface area (TPSA) is 55.5 Å². The van der Waals surface area contributed by atoms with Gasteiger partial charge in [-0.25, -0.2) is 0 Å². The van der Waals surface area contributed by atoms with Gasteiger partial charge >= 0.3 is 0 Å². The van der Waals surface area contributed by atoms with Crippen molar-refractivity contribution in [1.29, 1.82) is 0 Å². The summed E-state index contributed by atoms with van der Waals surface area (Å²) in [7, 11) is 1.44. The second-order valence-electron chi connectivity index (χ2n) is 2.05. The molecule has 1 rings (SSSR count). The van der Waals surface area contributed by atoms with E-state index >= 15 is 0 Å². The molecule has 0 spiro atoms. The standard InChI is InChI=1S/C7H8ClNO2/c1-11-6-3-4(8)2-5(9)7(6)10/h2-3,10H,9H2,1H3. The summed E-state index contributed by atoms with van der Waals surface area (Å²) >= 11 is 5.63. The molecule has 3 nitrogen and oxygen atoms in total. The maximum atomic E-state index is 9.21. The van der Waals surface area contributed by atoms with E-state index < -0.39 is 0 Å². The first kappa shape index (κ1) is 8.01. The van der Waals surface area contributed by atoms with Gasteiger partial charge in [0, 0.05) is 11.1 Å². The fourth-order valence-electron chi connectivity index (χ4n) is 0.750. The van der Waals surface area contributed by atoms with Crippen LogP contribution in [-0.4, -0.2) is 12.2 Å². The minimum absolute atomic E-state index is 0.0723. The lowest BCUT2D eigenvalue weighted by atomic mass is 10.3. The fourth-order valence-corrected chi connectivity index (χ4v) is 0.967. The molecule has 4 heteroatoms. The van der Waals surface area contributed by atoms with Crippen molar-refractivity contribution in [3.63, 3.8) is 0 Å². The van der Waals surface area contributed by atoms with Gasteiger partial charge in [-0.1, -0.05) is 11.6 Å². The summed E-state index contributed by atoms with van der Waals surface area (Å²) < 4.78 is 4.79. The number of nitrogens with two attached hydrogens (primary N) is 1. The third-order valence-corrected chi connectivity index (χ3v) is 1.51. The van der Waals surface area contributed by atoms with Crippen LogP contribution in [0.1, 0.15) is 0 Å². The highest BCUT2D eigenvalue weighted by molar-refractivity contribution is 6.31. The number of nitrogen functional groups attached to an aromatic ring is 1. The molecule has 1 aromatic carbocycles. The molecule has 0 bridgehead atoms. The molecule has 0 aliphatic carbocycles. The van der Waals surface area contributed by atoms with E-state index in [1.807, 2.05) is 0 Å². The Morgan fingerprint density at radius 1 is 1.55 bits per heavy atom. The van der Waals surface area contributed by atoms with Gasteiger partial charge in [0.15, 0.2) is 11.5 Å². The number of phenolic OH excluding ortho intramolecular Hbond substituents is 1. The fraction of sp³-hybridized carbons (Fsp3) is 0.143. The molecule has 0 amide bonds. The first-order chi connectivity index (χ1) is 5.15. The van der Waals surface area contributed by atoms with Crippen molar-refractivity contribution >= 4 is 17.3 Å². The highest BCUT2D eigenvalue weighted by Crippen LogP contribution is 2.34. The van der Waals surface area contributed by atoms with Gasteiger partial charge in [-0.15, -0.1) is 0 Å².